The van der Waals surface area contributed by atoms with Gasteiger partial charge in [0.1, 0.15) is 6.61 Å². The molecule has 0 atom stereocenters. The molecule has 0 radical (unpaired) electrons. The quantitative estimate of drug-likeness (QED) is 0.441. The van der Waals surface area contributed by atoms with Crippen molar-refractivity contribution in [3.8, 4) is 0 Å². The first-order valence-corrected chi connectivity index (χ1v) is 4.28. The van der Waals surface area contributed by atoms with Crippen molar-refractivity contribution in [3.63, 3.8) is 0 Å². The van der Waals surface area contributed by atoms with Crippen molar-refractivity contribution in [1.82, 2.24) is 0 Å². The third-order valence-electron chi connectivity index (χ3n) is 0.614. The Kier molecular flexibility index (Phi) is 3.88. The minimum Gasteiger partial charge on any atom is -0.415 e. The normalized spacial score (nSPS) is 13.3. The van der Waals surface area contributed by atoms with E-state index in [9.17, 15) is 13.2 Å². The van der Waals surface area contributed by atoms with E-state index in [4.69, 9.17) is 0 Å². The van der Waals surface area contributed by atoms with Gasteiger partial charge in [0.05, 0.1) is 0 Å². The summed E-state index contributed by atoms with van der Waals surface area (Å²) in [5.41, 5.74) is 0. The first-order valence-electron chi connectivity index (χ1n) is 2.70. The van der Waals surface area contributed by atoms with E-state index >= 15 is 0 Å². The van der Waals surface area contributed by atoms with Crippen molar-refractivity contribution < 1.29 is 17.6 Å². The number of rotatable bonds is 3. The van der Waals surface area contributed by atoms with Gasteiger partial charge in [-0.15, -0.1) is 0 Å². The minimum absolute atomic E-state index is 0.760. The van der Waals surface area contributed by atoms with E-state index in [-0.39, 0.29) is 0 Å². The van der Waals surface area contributed by atoms with Crippen LogP contribution in [0.25, 0.3) is 0 Å². The molecular weight excluding hydrogens is 149 g/mol. The smallest absolute Gasteiger partial charge is 0.410 e. The molecule has 0 fully saturated rings. The van der Waals surface area contributed by atoms with Gasteiger partial charge in [0.25, 0.3) is 0 Å². The lowest BCUT2D eigenvalue weighted by atomic mass is 10.7. The van der Waals surface area contributed by atoms with Crippen LogP contribution in [-0.4, -0.2) is 22.5 Å². The fourth-order valence-corrected chi connectivity index (χ4v) is 0.997. The van der Waals surface area contributed by atoms with Crippen LogP contribution in [0.5, 0.6) is 0 Å². The molecule has 0 aromatic rings. The molecule has 0 rings (SSSR count). The summed E-state index contributed by atoms with van der Waals surface area (Å²) in [6.45, 7) is 0.760. The molecule has 0 aromatic carbocycles. The molecule has 0 bridgehead atoms. The van der Waals surface area contributed by atoms with Gasteiger partial charge in [-0.1, -0.05) is 6.92 Å². The van der Waals surface area contributed by atoms with E-state index in [1.54, 1.807) is 0 Å². The molecule has 0 aromatic heterocycles. The van der Waals surface area contributed by atoms with Crippen molar-refractivity contribution in [2.75, 3.05) is 6.61 Å². The molecule has 0 aliphatic carbocycles. The van der Waals surface area contributed by atoms with Crippen LogP contribution < -0.4 is 0 Å². The highest BCUT2D eigenvalue weighted by Gasteiger charge is 2.26. The molecule has 0 N–H and O–H groups in total. The van der Waals surface area contributed by atoms with E-state index in [0.29, 0.717) is 0 Å². The second-order valence-electron chi connectivity index (χ2n) is 1.67. The maximum atomic E-state index is 11.3. The average molecular weight is 158 g/mol. The average Bonchev–Trinajstić information content (AvgIpc) is 1.63. The maximum absolute atomic E-state index is 11.3. The van der Waals surface area contributed by atoms with E-state index in [1.165, 1.54) is 0 Å². The van der Waals surface area contributed by atoms with Gasteiger partial charge in [0.15, 0.2) is 9.76 Å². The third kappa shape index (κ3) is 7.97. The molecular formula is C4H9F3OSi. The molecule has 0 saturated heterocycles. The largest absolute Gasteiger partial charge is 0.415 e. The summed E-state index contributed by atoms with van der Waals surface area (Å²) >= 11 is 0. The van der Waals surface area contributed by atoms with Crippen molar-refractivity contribution in [2.45, 2.75) is 19.1 Å². The third-order valence-corrected chi connectivity index (χ3v) is 1.52. The molecule has 0 aliphatic rings. The van der Waals surface area contributed by atoms with E-state index in [0.717, 1.165) is 6.04 Å². The van der Waals surface area contributed by atoms with Gasteiger partial charge >= 0.3 is 6.18 Å². The first kappa shape index (κ1) is 8.97. The zero-order valence-electron chi connectivity index (χ0n) is 5.16. The molecule has 5 heteroatoms. The fourth-order valence-electron chi connectivity index (χ4n) is 0.332. The highest BCUT2D eigenvalue weighted by Crippen LogP contribution is 2.13. The van der Waals surface area contributed by atoms with Crippen LogP contribution in [0.15, 0.2) is 0 Å². The predicted molar refractivity (Wildman–Crippen MR) is 31.0 cm³/mol. The van der Waals surface area contributed by atoms with Gasteiger partial charge in [-0.3, -0.25) is 0 Å². The van der Waals surface area contributed by atoms with E-state index < -0.39 is 22.5 Å². The Hall–Kier alpha value is -0.0331. The number of hydrogen-bond donors (Lipinski definition) is 0. The second-order valence-corrected chi connectivity index (χ2v) is 3.48. The highest BCUT2D eigenvalue weighted by molar-refractivity contribution is 6.26. The number of halogens is 3. The van der Waals surface area contributed by atoms with Crippen LogP contribution in [0.1, 0.15) is 6.92 Å². The van der Waals surface area contributed by atoms with Gasteiger partial charge in [0.2, 0.25) is 0 Å². The van der Waals surface area contributed by atoms with E-state index in [1.807, 2.05) is 6.92 Å². The Labute approximate surface area is 54.1 Å². The van der Waals surface area contributed by atoms with Crippen molar-refractivity contribution in [3.05, 3.63) is 0 Å². The van der Waals surface area contributed by atoms with Gasteiger partial charge < -0.3 is 4.43 Å². The molecule has 0 aliphatic heterocycles. The molecule has 0 saturated carbocycles. The molecule has 0 spiro atoms. The highest BCUT2D eigenvalue weighted by atomic mass is 28.2. The summed E-state index contributed by atoms with van der Waals surface area (Å²) < 4.78 is 38.2. The van der Waals surface area contributed by atoms with Gasteiger partial charge in [0, 0.05) is 0 Å². The summed E-state index contributed by atoms with van der Waals surface area (Å²) in [5, 5.41) is 0. The summed E-state index contributed by atoms with van der Waals surface area (Å²) in [7, 11) is -0.878. The summed E-state index contributed by atoms with van der Waals surface area (Å²) in [5.74, 6) is 0. The SMILES string of the molecule is CC[SiH2]OCC(F)(F)F. The molecule has 0 heterocycles. The predicted octanol–water partition coefficient (Wildman–Crippen LogP) is 1.09. The van der Waals surface area contributed by atoms with Crippen molar-refractivity contribution >= 4 is 9.76 Å². The monoisotopic (exact) mass is 158 g/mol. The molecule has 56 valence electrons. The van der Waals surface area contributed by atoms with Crippen LogP contribution in [0.2, 0.25) is 6.04 Å². The lowest BCUT2D eigenvalue weighted by Crippen LogP contribution is -2.18. The standard InChI is InChI=1S/C4H9F3OSi/c1-2-9-8-3-4(5,6)7/h2-3,9H2,1H3. The molecule has 0 unspecified atom stereocenters. The summed E-state index contributed by atoms with van der Waals surface area (Å²) in [6, 6.07) is 0.760. The Balaban J connectivity index is 3.07. The van der Waals surface area contributed by atoms with Crippen LogP contribution >= 0.6 is 0 Å². The van der Waals surface area contributed by atoms with Gasteiger partial charge in [-0.05, 0) is 6.04 Å². The van der Waals surface area contributed by atoms with E-state index in [2.05, 4.69) is 4.43 Å². The van der Waals surface area contributed by atoms with Crippen LogP contribution in [0, 0.1) is 0 Å². The second kappa shape index (κ2) is 3.89. The Morgan fingerprint density at radius 3 is 2.33 bits per heavy atom. The Bertz CT molecular complexity index is 72.7. The zero-order chi connectivity index (χ0) is 7.33. The Morgan fingerprint density at radius 2 is 2.00 bits per heavy atom. The van der Waals surface area contributed by atoms with Gasteiger partial charge in [-0.2, -0.15) is 13.2 Å². The van der Waals surface area contributed by atoms with Crippen LogP contribution in [-0.2, 0) is 4.43 Å². The summed E-state index contributed by atoms with van der Waals surface area (Å²) in [6.07, 6.45) is -4.14. The topological polar surface area (TPSA) is 9.23 Å². The minimum atomic E-state index is -4.14. The van der Waals surface area contributed by atoms with Crippen LogP contribution in [0.4, 0.5) is 13.2 Å². The lowest BCUT2D eigenvalue weighted by molar-refractivity contribution is -0.153. The number of hydrogen-bond acceptors (Lipinski definition) is 1. The molecule has 0 amide bonds. The maximum Gasteiger partial charge on any atom is 0.410 e. The summed E-state index contributed by atoms with van der Waals surface area (Å²) in [4.78, 5) is 0. The lowest BCUT2D eigenvalue weighted by Gasteiger charge is -2.05. The zero-order valence-corrected chi connectivity index (χ0v) is 6.58. The van der Waals surface area contributed by atoms with Crippen LogP contribution in [0.3, 0.4) is 0 Å². The number of alkyl halides is 3. The molecule has 9 heavy (non-hydrogen) atoms. The van der Waals surface area contributed by atoms with Crippen molar-refractivity contribution in [1.29, 1.82) is 0 Å². The van der Waals surface area contributed by atoms with Gasteiger partial charge in [-0.25, -0.2) is 0 Å². The molecule has 1 nitrogen and oxygen atoms in total. The van der Waals surface area contributed by atoms with Crippen molar-refractivity contribution in [2.24, 2.45) is 0 Å². The fraction of sp³-hybridized carbons (Fsp3) is 1.00. The Morgan fingerprint density at radius 1 is 1.44 bits per heavy atom. The first-order chi connectivity index (χ1) is 4.06.